The number of rotatable bonds is 2. The zero-order chi connectivity index (χ0) is 11.5. The number of nitrogens with two attached hydrogens (primary N) is 1. The standard InChI is InChI=1S/C10H10N4S2/c1-16-7-5-3-2-4-6(7)8-12-9(11)14-10(15)13-8/h2-5H,1H3,(H3,11,12,13,14,15). The fourth-order valence-electron chi connectivity index (χ4n) is 1.37. The van der Waals surface area contributed by atoms with Crippen LogP contribution in [-0.2, 0) is 0 Å². The van der Waals surface area contributed by atoms with Gasteiger partial charge >= 0.3 is 0 Å². The van der Waals surface area contributed by atoms with Crippen LogP contribution in [0, 0.1) is 4.77 Å². The normalized spacial score (nSPS) is 10.3. The minimum absolute atomic E-state index is 0.252. The molecule has 0 atom stereocenters. The van der Waals surface area contributed by atoms with Gasteiger partial charge in [0.05, 0.1) is 0 Å². The molecule has 0 fully saturated rings. The Balaban J connectivity index is 2.62. The van der Waals surface area contributed by atoms with E-state index in [1.807, 2.05) is 30.5 Å². The van der Waals surface area contributed by atoms with E-state index in [0.717, 1.165) is 10.5 Å². The zero-order valence-corrected chi connectivity index (χ0v) is 10.2. The van der Waals surface area contributed by atoms with E-state index in [-0.39, 0.29) is 10.7 Å². The quantitative estimate of drug-likeness (QED) is 0.633. The number of nitrogens with zero attached hydrogens (tertiary/aromatic N) is 2. The molecular formula is C10H10N4S2. The van der Waals surface area contributed by atoms with Crippen molar-refractivity contribution in [2.24, 2.45) is 0 Å². The van der Waals surface area contributed by atoms with Crippen LogP contribution in [0.25, 0.3) is 11.4 Å². The summed E-state index contributed by atoms with van der Waals surface area (Å²) in [6, 6.07) is 7.92. The molecule has 1 heterocycles. The molecule has 1 aromatic heterocycles. The minimum Gasteiger partial charge on any atom is -0.369 e. The van der Waals surface area contributed by atoms with Gasteiger partial charge in [-0.05, 0) is 24.5 Å². The molecule has 0 saturated heterocycles. The summed E-state index contributed by atoms with van der Waals surface area (Å²) < 4.78 is 0.252. The predicted molar refractivity (Wildman–Crippen MR) is 68.8 cm³/mol. The number of anilines is 1. The fraction of sp³-hybridized carbons (Fsp3) is 0.100. The molecule has 1 aromatic carbocycles. The summed E-state index contributed by atoms with van der Waals surface area (Å²) in [4.78, 5) is 12.0. The fourth-order valence-corrected chi connectivity index (χ4v) is 2.16. The van der Waals surface area contributed by atoms with Crippen molar-refractivity contribution in [3.63, 3.8) is 0 Å². The first kappa shape index (κ1) is 11.1. The first-order chi connectivity index (χ1) is 7.70. The van der Waals surface area contributed by atoms with Crippen molar-refractivity contribution < 1.29 is 0 Å². The van der Waals surface area contributed by atoms with Crippen molar-refractivity contribution in [2.45, 2.75) is 4.90 Å². The smallest absolute Gasteiger partial charge is 0.224 e. The minimum atomic E-state index is 0.252. The van der Waals surface area contributed by atoms with Gasteiger partial charge in [-0.1, -0.05) is 18.2 Å². The molecule has 0 amide bonds. The zero-order valence-electron chi connectivity index (χ0n) is 8.60. The third-order valence-electron chi connectivity index (χ3n) is 2.03. The van der Waals surface area contributed by atoms with Gasteiger partial charge in [0.25, 0.3) is 0 Å². The first-order valence-corrected chi connectivity index (χ1v) is 6.21. The Hall–Kier alpha value is -1.40. The Morgan fingerprint density at radius 3 is 2.75 bits per heavy atom. The van der Waals surface area contributed by atoms with Crippen LogP contribution >= 0.6 is 24.0 Å². The van der Waals surface area contributed by atoms with Crippen molar-refractivity contribution in [2.75, 3.05) is 12.0 Å². The molecule has 0 bridgehead atoms. The lowest BCUT2D eigenvalue weighted by atomic mass is 10.2. The molecule has 2 rings (SSSR count). The average Bonchev–Trinajstić information content (AvgIpc) is 2.27. The molecule has 16 heavy (non-hydrogen) atoms. The Morgan fingerprint density at radius 2 is 2.06 bits per heavy atom. The van der Waals surface area contributed by atoms with Crippen LogP contribution in [0.1, 0.15) is 0 Å². The van der Waals surface area contributed by atoms with Crippen LogP contribution in [-0.4, -0.2) is 21.2 Å². The topological polar surface area (TPSA) is 67.6 Å². The third kappa shape index (κ3) is 2.23. The molecule has 2 aromatic rings. The van der Waals surface area contributed by atoms with Crippen LogP contribution in [0.4, 0.5) is 5.95 Å². The maximum absolute atomic E-state index is 5.61. The van der Waals surface area contributed by atoms with E-state index in [4.69, 9.17) is 18.0 Å². The van der Waals surface area contributed by atoms with Gasteiger partial charge in [0.1, 0.15) is 5.82 Å². The summed E-state index contributed by atoms with van der Waals surface area (Å²) in [5.74, 6) is 0.938. The van der Waals surface area contributed by atoms with E-state index in [1.165, 1.54) is 0 Å². The van der Waals surface area contributed by atoms with Crippen LogP contribution in [0.15, 0.2) is 29.2 Å². The lowest BCUT2D eigenvalue weighted by Crippen LogP contribution is -2.00. The lowest BCUT2D eigenvalue weighted by Gasteiger charge is -2.06. The highest BCUT2D eigenvalue weighted by Gasteiger charge is 2.06. The molecule has 0 aliphatic carbocycles. The Labute approximate surface area is 102 Å². The molecule has 0 aliphatic heterocycles. The summed E-state index contributed by atoms with van der Waals surface area (Å²) in [6.07, 6.45) is 2.01. The van der Waals surface area contributed by atoms with Gasteiger partial charge in [0, 0.05) is 10.5 Å². The number of hydrogen-bond donors (Lipinski definition) is 2. The summed E-state index contributed by atoms with van der Waals surface area (Å²) >= 11 is 6.58. The molecule has 6 heteroatoms. The van der Waals surface area contributed by atoms with Gasteiger partial charge in [0.15, 0.2) is 0 Å². The monoisotopic (exact) mass is 250 g/mol. The van der Waals surface area contributed by atoms with Crippen LogP contribution in [0.3, 0.4) is 0 Å². The van der Waals surface area contributed by atoms with E-state index in [2.05, 4.69) is 15.0 Å². The second-order valence-corrected chi connectivity index (χ2v) is 4.28. The summed E-state index contributed by atoms with van der Waals surface area (Å²) in [7, 11) is 0. The number of benzene rings is 1. The number of nitrogen functional groups attached to an aromatic ring is 1. The number of nitrogens with one attached hydrogen (secondary N) is 1. The van der Waals surface area contributed by atoms with E-state index < -0.39 is 0 Å². The van der Waals surface area contributed by atoms with Crippen molar-refractivity contribution in [1.29, 1.82) is 0 Å². The van der Waals surface area contributed by atoms with Crippen molar-refractivity contribution in [3.8, 4) is 11.4 Å². The van der Waals surface area contributed by atoms with Crippen molar-refractivity contribution in [1.82, 2.24) is 15.0 Å². The first-order valence-electron chi connectivity index (χ1n) is 4.58. The van der Waals surface area contributed by atoms with Crippen molar-refractivity contribution in [3.05, 3.63) is 29.0 Å². The largest absolute Gasteiger partial charge is 0.369 e. The lowest BCUT2D eigenvalue weighted by molar-refractivity contribution is 1.04. The second-order valence-electron chi connectivity index (χ2n) is 3.07. The van der Waals surface area contributed by atoms with Gasteiger partial charge in [-0.25, -0.2) is 4.98 Å². The van der Waals surface area contributed by atoms with Gasteiger partial charge < -0.3 is 10.7 Å². The van der Waals surface area contributed by atoms with Gasteiger partial charge in [0.2, 0.25) is 10.7 Å². The molecule has 0 spiro atoms. The molecule has 0 aliphatic rings. The summed E-state index contributed by atoms with van der Waals surface area (Å²) in [5.41, 5.74) is 6.59. The van der Waals surface area contributed by atoms with Gasteiger partial charge in [-0.2, -0.15) is 4.98 Å². The van der Waals surface area contributed by atoms with Crippen LogP contribution < -0.4 is 5.73 Å². The predicted octanol–water partition coefficient (Wildman–Crippen LogP) is 2.51. The maximum Gasteiger partial charge on any atom is 0.224 e. The van der Waals surface area contributed by atoms with Gasteiger partial charge in [-0.15, -0.1) is 11.8 Å². The van der Waals surface area contributed by atoms with E-state index in [1.54, 1.807) is 11.8 Å². The molecule has 0 unspecified atom stereocenters. The number of H-pyrrole nitrogens is 1. The number of aromatic amines is 1. The van der Waals surface area contributed by atoms with E-state index in [9.17, 15) is 0 Å². The number of thioether (sulfide) groups is 1. The highest BCUT2D eigenvalue weighted by Crippen LogP contribution is 2.27. The SMILES string of the molecule is CSc1ccccc1-c1nc(=S)nc(N)[nH]1. The Morgan fingerprint density at radius 1 is 1.31 bits per heavy atom. The Kier molecular flexibility index (Phi) is 3.21. The molecule has 0 radical (unpaired) electrons. The highest BCUT2D eigenvalue weighted by molar-refractivity contribution is 7.98. The van der Waals surface area contributed by atoms with E-state index >= 15 is 0 Å². The maximum atomic E-state index is 5.61. The van der Waals surface area contributed by atoms with Crippen LogP contribution in [0.5, 0.6) is 0 Å². The second kappa shape index (κ2) is 4.63. The number of hydrogen-bond acceptors (Lipinski definition) is 5. The Bertz CT molecular complexity index is 565. The van der Waals surface area contributed by atoms with Crippen LogP contribution in [0.2, 0.25) is 0 Å². The molecular weight excluding hydrogens is 240 g/mol. The molecule has 3 N–H and O–H groups in total. The van der Waals surface area contributed by atoms with Crippen molar-refractivity contribution >= 4 is 29.9 Å². The molecule has 4 nitrogen and oxygen atoms in total. The molecule has 0 saturated carbocycles. The average molecular weight is 250 g/mol. The highest BCUT2D eigenvalue weighted by atomic mass is 32.2. The third-order valence-corrected chi connectivity index (χ3v) is 3.01. The molecule has 82 valence electrons. The summed E-state index contributed by atoms with van der Waals surface area (Å²) in [5, 5.41) is 0. The summed E-state index contributed by atoms with van der Waals surface area (Å²) in [6.45, 7) is 0. The van der Waals surface area contributed by atoms with E-state index in [0.29, 0.717) is 5.82 Å². The number of aromatic nitrogens is 3. The van der Waals surface area contributed by atoms with Gasteiger partial charge in [-0.3, -0.25) is 0 Å².